The second kappa shape index (κ2) is 8.87. The molecule has 0 radical (unpaired) electrons. The van der Waals surface area contributed by atoms with Crippen LogP contribution >= 0.6 is 0 Å². The second-order valence-corrected chi connectivity index (χ2v) is 7.89. The summed E-state index contributed by atoms with van der Waals surface area (Å²) in [5.74, 6) is 0.619. The van der Waals surface area contributed by atoms with E-state index in [0.29, 0.717) is 11.3 Å². The third-order valence-corrected chi connectivity index (χ3v) is 5.74. The number of carbonyl (C=O) groups is 2. The number of halogens is 1. The summed E-state index contributed by atoms with van der Waals surface area (Å²) < 4.78 is 25.6. The van der Waals surface area contributed by atoms with Gasteiger partial charge in [-0.25, -0.2) is 9.18 Å². The maximum Gasteiger partial charge on any atom is 0.414 e. The molecule has 2 fully saturated rings. The van der Waals surface area contributed by atoms with Crippen molar-refractivity contribution in [3.05, 3.63) is 53.7 Å². The number of nitrogens with zero attached hydrogens (tertiary/aromatic N) is 2. The Balaban J connectivity index is 1.35. The molecule has 1 atom stereocenters. The lowest BCUT2D eigenvalue weighted by atomic mass is 9.89. The number of hydrogen-bond acceptors (Lipinski definition) is 5. The highest BCUT2D eigenvalue weighted by Gasteiger charge is 2.33. The largest absolute Gasteiger partial charge is 0.468 e. The second-order valence-electron chi connectivity index (χ2n) is 7.89. The number of piperidine rings is 1. The number of rotatable bonds is 6. The highest BCUT2D eigenvalue weighted by atomic mass is 19.1. The lowest BCUT2D eigenvalue weighted by molar-refractivity contribution is -0.119. The van der Waals surface area contributed by atoms with Crippen LogP contribution in [0, 0.1) is 5.82 Å². The van der Waals surface area contributed by atoms with Crippen LogP contribution in [0.4, 0.5) is 14.9 Å². The molecule has 8 heteroatoms. The summed E-state index contributed by atoms with van der Waals surface area (Å²) in [6, 6.07) is 8.82. The Morgan fingerprint density at radius 1 is 1.27 bits per heavy atom. The van der Waals surface area contributed by atoms with Crippen LogP contribution < -0.4 is 10.2 Å². The Kier molecular flexibility index (Phi) is 6.03. The van der Waals surface area contributed by atoms with E-state index in [-0.39, 0.29) is 30.7 Å². The topological polar surface area (TPSA) is 75.0 Å². The van der Waals surface area contributed by atoms with Crippen molar-refractivity contribution in [2.24, 2.45) is 0 Å². The zero-order chi connectivity index (χ0) is 21.1. The summed E-state index contributed by atoms with van der Waals surface area (Å²) in [5.41, 5.74) is 1.17. The van der Waals surface area contributed by atoms with Crippen molar-refractivity contribution in [1.82, 2.24) is 10.2 Å². The van der Waals surface area contributed by atoms with E-state index >= 15 is 0 Å². The number of likely N-dealkylation sites (tertiary alicyclic amines) is 1. The van der Waals surface area contributed by atoms with E-state index < -0.39 is 12.2 Å². The van der Waals surface area contributed by atoms with Crippen LogP contribution in [0.5, 0.6) is 0 Å². The number of benzene rings is 1. The standard InChI is InChI=1S/C22H26FN3O4/c1-15(27)24-12-19-14-26(22(28)30-19)17-4-5-20(21(23)11-17)16-6-8-25(9-7-16)13-18-3-2-10-29-18/h2-5,10-11,16,19H,6-9,12-14H2,1H3,(H,24,27). The van der Waals surface area contributed by atoms with Crippen LogP contribution in [-0.4, -0.2) is 49.2 Å². The van der Waals surface area contributed by atoms with Crippen LogP contribution in [0.15, 0.2) is 41.0 Å². The molecule has 1 aromatic heterocycles. The van der Waals surface area contributed by atoms with Crippen molar-refractivity contribution in [1.29, 1.82) is 0 Å². The van der Waals surface area contributed by atoms with Gasteiger partial charge in [0, 0.05) is 6.92 Å². The molecule has 0 saturated carbocycles. The zero-order valence-electron chi connectivity index (χ0n) is 17.0. The van der Waals surface area contributed by atoms with Crippen molar-refractivity contribution >= 4 is 17.7 Å². The lowest BCUT2D eigenvalue weighted by Gasteiger charge is -2.31. The van der Waals surface area contributed by atoms with Gasteiger partial charge in [0.15, 0.2) is 0 Å². The minimum absolute atomic E-state index is 0.157. The monoisotopic (exact) mass is 415 g/mol. The van der Waals surface area contributed by atoms with Crippen molar-refractivity contribution in [3.63, 3.8) is 0 Å². The Bertz CT molecular complexity index is 894. The number of nitrogens with one attached hydrogen (secondary N) is 1. The van der Waals surface area contributed by atoms with Gasteiger partial charge in [0.05, 0.1) is 31.6 Å². The van der Waals surface area contributed by atoms with E-state index in [9.17, 15) is 14.0 Å². The van der Waals surface area contributed by atoms with Gasteiger partial charge in [-0.1, -0.05) is 6.07 Å². The molecule has 0 spiro atoms. The Labute approximate surface area is 174 Å². The Hall–Kier alpha value is -2.87. The fourth-order valence-electron chi connectivity index (χ4n) is 4.14. The summed E-state index contributed by atoms with van der Waals surface area (Å²) in [7, 11) is 0. The fourth-order valence-corrected chi connectivity index (χ4v) is 4.14. The molecule has 3 heterocycles. The summed E-state index contributed by atoms with van der Waals surface area (Å²) in [4.78, 5) is 26.9. The van der Waals surface area contributed by atoms with Crippen LogP contribution in [0.3, 0.4) is 0 Å². The molecule has 2 aliphatic rings. The minimum atomic E-state index is -0.524. The highest BCUT2D eigenvalue weighted by Crippen LogP contribution is 2.33. The first kappa shape index (κ1) is 20.4. The van der Waals surface area contributed by atoms with Crippen molar-refractivity contribution < 1.29 is 23.1 Å². The normalized spacial score (nSPS) is 20.4. The number of anilines is 1. The van der Waals surface area contributed by atoms with E-state index in [1.807, 2.05) is 12.1 Å². The molecular weight excluding hydrogens is 389 g/mol. The van der Waals surface area contributed by atoms with E-state index in [1.165, 1.54) is 17.9 Å². The maximum absolute atomic E-state index is 14.9. The zero-order valence-corrected chi connectivity index (χ0v) is 17.0. The number of furan rings is 1. The van der Waals surface area contributed by atoms with Gasteiger partial charge >= 0.3 is 6.09 Å². The molecule has 0 aliphatic carbocycles. The minimum Gasteiger partial charge on any atom is -0.468 e. The van der Waals surface area contributed by atoms with E-state index in [1.54, 1.807) is 18.4 Å². The van der Waals surface area contributed by atoms with Crippen LogP contribution in [-0.2, 0) is 16.1 Å². The quantitative estimate of drug-likeness (QED) is 0.784. The highest BCUT2D eigenvalue weighted by molar-refractivity contribution is 5.89. The summed E-state index contributed by atoms with van der Waals surface area (Å²) in [6.07, 6.45) is 2.46. The molecule has 0 bridgehead atoms. The predicted molar refractivity (Wildman–Crippen MR) is 109 cm³/mol. The molecule has 1 unspecified atom stereocenters. The Morgan fingerprint density at radius 3 is 2.73 bits per heavy atom. The molecule has 1 N–H and O–H groups in total. The van der Waals surface area contributed by atoms with Crippen molar-refractivity contribution in [3.8, 4) is 0 Å². The van der Waals surface area contributed by atoms with Gasteiger partial charge in [-0.2, -0.15) is 0 Å². The first-order valence-corrected chi connectivity index (χ1v) is 10.3. The average Bonchev–Trinajstić information content (AvgIpc) is 3.36. The first-order valence-electron chi connectivity index (χ1n) is 10.3. The predicted octanol–water partition coefficient (Wildman–Crippen LogP) is 3.26. The number of ether oxygens (including phenoxy) is 1. The lowest BCUT2D eigenvalue weighted by Crippen LogP contribution is -2.33. The van der Waals surface area contributed by atoms with Crippen LogP contribution in [0.1, 0.15) is 37.0 Å². The number of cyclic esters (lactones) is 1. The van der Waals surface area contributed by atoms with E-state index in [4.69, 9.17) is 9.15 Å². The molecule has 2 aromatic rings. The van der Waals surface area contributed by atoms with E-state index in [0.717, 1.165) is 38.2 Å². The number of amides is 2. The SMILES string of the molecule is CC(=O)NCC1CN(c2ccc(C3CCN(Cc4ccco4)CC3)c(F)c2)C(=O)O1. The van der Waals surface area contributed by atoms with Gasteiger partial charge in [-0.3, -0.25) is 14.6 Å². The molecule has 7 nitrogen and oxygen atoms in total. The molecule has 4 rings (SSSR count). The van der Waals surface area contributed by atoms with E-state index in [2.05, 4.69) is 10.2 Å². The third-order valence-electron chi connectivity index (χ3n) is 5.74. The Morgan fingerprint density at radius 2 is 2.07 bits per heavy atom. The maximum atomic E-state index is 14.9. The van der Waals surface area contributed by atoms with Crippen LogP contribution in [0.2, 0.25) is 0 Å². The van der Waals surface area contributed by atoms with Gasteiger partial charge in [0.1, 0.15) is 17.7 Å². The molecule has 1 aromatic carbocycles. The molecule has 2 saturated heterocycles. The molecule has 2 amide bonds. The van der Waals surface area contributed by atoms with Gasteiger partial charge in [-0.05, 0) is 61.7 Å². The smallest absolute Gasteiger partial charge is 0.414 e. The molecule has 2 aliphatic heterocycles. The third kappa shape index (κ3) is 4.64. The van der Waals surface area contributed by atoms with Crippen LogP contribution in [0.25, 0.3) is 0 Å². The number of carbonyl (C=O) groups excluding carboxylic acids is 2. The summed E-state index contributed by atoms with van der Waals surface area (Å²) in [6.45, 7) is 4.48. The average molecular weight is 415 g/mol. The van der Waals surface area contributed by atoms with Crippen molar-refractivity contribution in [2.75, 3.05) is 31.1 Å². The molecule has 30 heavy (non-hydrogen) atoms. The number of hydrogen-bond donors (Lipinski definition) is 1. The summed E-state index contributed by atoms with van der Waals surface area (Å²) >= 11 is 0. The summed E-state index contributed by atoms with van der Waals surface area (Å²) in [5, 5.41) is 2.63. The first-order chi connectivity index (χ1) is 14.5. The van der Waals surface area contributed by atoms with Gasteiger partial charge in [0.25, 0.3) is 0 Å². The van der Waals surface area contributed by atoms with Gasteiger partial charge in [0.2, 0.25) is 5.91 Å². The van der Waals surface area contributed by atoms with Gasteiger partial charge < -0.3 is 14.5 Å². The van der Waals surface area contributed by atoms with Gasteiger partial charge in [-0.15, -0.1) is 0 Å². The van der Waals surface area contributed by atoms with Crippen molar-refractivity contribution in [2.45, 2.75) is 38.3 Å². The molecular formula is C22H26FN3O4. The fraction of sp³-hybridized carbons (Fsp3) is 0.455. The molecule has 160 valence electrons.